The average molecular weight is 292 g/mol. The van der Waals surface area contributed by atoms with Crippen molar-refractivity contribution in [1.29, 1.82) is 0 Å². The first kappa shape index (κ1) is 14.0. The highest BCUT2D eigenvalue weighted by Crippen LogP contribution is 2.71. The van der Waals surface area contributed by atoms with Crippen LogP contribution in [0.2, 0.25) is 0 Å². The van der Waals surface area contributed by atoms with E-state index in [9.17, 15) is 4.79 Å². The number of allylic oxidation sites excluding steroid dienone is 4. The van der Waals surface area contributed by atoms with E-state index in [-0.39, 0.29) is 5.41 Å². The van der Waals surface area contributed by atoms with Crippen LogP contribution in [-0.4, -0.2) is 5.78 Å². The minimum atomic E-state index is -0.111. The van der Waals surface area contributed by atoms with Gasteiger partial charge in [0.25, 0.3) is 0 Å². The normalized spacial score (nSPS) is 42.2. The second kappa shape index (κ2) is 4.94. The Labute approximate surface area is 133 Å². The first-order valence-corrected chi connectivity index (χ1v) is 8.78. The molecular formula is C21H24O. The maximum Gasteiger partial charge on any atom is 0.170 e. The molecule has 1 aromatic rings. The summed E-state index contributed by atoms with van der Waals surface area (Å²) < 4.78 is 0. The molecule has 4 atom stereocenters. The lowest BCUT2D eigenvalue weighted by atomic mass is 9.59. The van der Waals surface area contributed by atoms with Crippen LogP contribution in [-0.2, 0) is 0 Å². The van der Waals surface area contributed by atoms with Gasteiger partial charge in [-0.3, -0.25) is 4.79 Å². The number of carbonyl (C=O) groups is 1. The second-order valence-electron chi connectivity index (χ2n) is 6.94. The van der Waals surface area contributed by atoms with Crippen LogP contribution in [0.5, 0.6) is 0 Å². The van der Waals surface area contributed by atoms with E-state index in [4.69, 9.17) is 0 Å². The monoisotopic (exact) mass is 292 g/mol. The van der Waals surface area contributed by atoms with Crippen molar-refractivity contribution in [3.05, 3.63) is 60.2 Å². The number of rotatable bonds is 2. The Morgan fingerprint density at radius 2 is 1.45 bits per heavy atom. The molecule has 1 aromatic carbocycles. The van der Waals surface area contributed by atoms with Crippen molar-refractivity contribution in [3.8, 4) is 0 Å². The number of Topliss-reactive ketones (excluding diaryl/α,β-unsaturated/α-hetero) is 1. The van der Waals surface area contributed by atoms with E-state index in [0.717, 1.165) is 5.56 Å². The molecule has 5 rings (SSSR count). The third kappa shape index (κ3) is 1.52. The third-order valence-electron chi connectivity index (χ3n) is 6.36. The topological polar surface area (TPSA) is 17.1 Å². The zero-order chi connectivity index (χ0) is 15.3. The Morgan fingerprint density at radius 3 is 2.00 bits per heavy atom. The van der Waals surface area contributed by atoms with Gasteiger partial charge < -0.3 is 0 Å². The van der Waals surface area contributed by atoms with Crippen molar-refractivity contribution in [3.63, 3.8) is 0 Å². The van der Waals surface area contributed by atoms with E-state index in [0.29, 0.717) is 35.4 Å². The number of benzene rings is 1. The number of hydrogen-bond acceptors (Lipinski definition) is 1. The molecule has 0 heterocycles. The van der Waals surface area contributed by atoms with Gasteiger partial charge in [-0.25, -0.2) is 0 Å². The zero-order valence-electron chi connectivity index (χ0n) is 13.4. The van der Waals surface area contributed by atoms with Crippen LogP contribution >= 0.6 is 0 Å². The zero-order valence-corrected chi connectivity index (χ0v) is 13.4. The summed E-state index contributed by atoms with van der Waals surface area (Å²) >= 11 is 0. The summed E-state index contributed by atoms with van der Waals surface area (Å²) in [6.07, 6.45) is 11.9. The number of hydrogen-bond donors (Lipinski definition) is 0. The predicted molar refractivity (Wildman–Crippen MR) is 89.5 cm³/mol. The van der Waals surface area contributed by atoms with Crippen LogP contribution in [0.25, 0.3) is 0 Å². The lowest BCUT2D eigenvalue weighted by Crippen LogP contribution is -2.45. The molecular weight excluding hydrogens is 268 g/mol. The fraction of sp³-hybridized carbons (Fsp3) is 0.476. The van der Waals surface area contributed by atoms with E-state index in [1.54, 1.807) is 0 Å². The molecule has 0 aromatic heterocycles. The van der Waals surface area contributed by atoms with E-state index in [2.05, 4.69) is 24.3 Å². The van der Waals surface area contributed by atoms with E-state index in [1.165, 1.54) is 12.8 Å². The van der Waals surface area contributed by atoms with E-state index in [1.807, 2.05) is 44.2 Å². The Balaban J connectivity index is 0.000000602. The average Bonchev–Trinajstić information content (AvgIpc) is 3.35. The fourth-order valence-corrected chi connectivity index (χ4v) is 5.82. The largest absolute Gasteiger partial charge is 0.293 e. The molecule has 0 aliphatic heterocycles. The van der Waals surface area contributed by atoms with Gasteiger partial charge in [-0.15, -0.1) is 0 Å². The molecule has 4 unspecified atom stereocenters. The quantitative estimate of drug-likeness (QED) is 0.430. The van der Waals surface area contributed by atoms with Gasteiger partial charge in [-0.1, -0.05) is 68.5 Å². The molecule has 22 heavy (non-hydrogen) atoms. The molecule has 1 nitrogen and oxygen atoms in total. The molecule has 4 bridgehead atoms. The van der Waals surface area contributed by atoms with Crippen molar-refractivity contribution in [2.45, 2.75) is 26.7 Å². The summed E-state index contributed by atoms with van der Waals surface area (Å²) in [5, 5.41) is 0. The minimum Gasteiger partial charge on any atom is -0.293 e. The van der Waals surface area contributed by atoms with Crippen molar-refractivity contribution in [2.24, 2.45) is 35.0 Å². The van der Waals surface area contributed by atoms with Gasteiger partial charge >= 0.3 is 0 Å². The summed E-state index contributed by atoms with van der Waals surface area (Å²) in [5.74, 6) is 3.23. The molecule has 0 saturated heterocycles. The van der Waals surface area contributed by atoms with Crippen LogP contribution in [0, 0.1) is 35.0 Å². The minimum absolute atomic E-state index is 0.111. The van der Waals surface area contributed by atoms with Crippen molar-refractivity contribution in [2.75, 3.05) is 0 Å². The van der Waals surface area contributed by atoms with Crippen LogP contribution < -0.4 is 0 Å². The van der Waals surface area contributed by atoms with E-state index >= 15 is 0 Å². The Morgan fingerprint density at radius 1 is 0.909 bits per heavy atom. The molecule has 4 aliphatic rings. The summed E-state index contributed by atoms with van der Waals surface area (Å²) in [4.78, 5) is 13.4. The first-order chi connectivity index (χ1) is 10.8. The highest BCUT2D eigenvalue weighted by molar-refractivity contribution is 6.02. The Hall–Kier alpha value is -1.63. The molecule has 114 valence electrons. The van der Waals surface area contributed by atoms with Gasteiger partial charge in [0, 0.05) is 5.56 Å². The van der Waals surface area contributed by atoms with Crippen molar-refractivity contribution in [1.82, 2.24) is 0 Å². The summed E-state index contributed by atoms with van der Waals surface area (Å²) in [5.41, 5.74) is 0.805. The summed E-state index contributed by atoms with van der Waals surface area (Å²) in [6, 6.07) is 9.97. The maximum absolute atomic E-state index is 13.4. The van der Waals surface area contributed by atoms with Gasteiger partial charge in [0.2, 0.25) is 0 Å². The highest BCUT2D eigenvalue weighted by Gasteiger charge is 2.69. The molecule has 2 fully saturated rings. The smallest absolute Gasteiger partial charge is 0.170 e. The van der Waals surface area contributed by atoms with Crippen molar-refractivity contribution < 1.29 is 4.79 Å². The lowest BCUT2D eigenvalue weighted by molar-refractivity contribution is 0.0576. The fourth-order valence-electron chi connectivity index (χ4n) is 5.82. The molecule has 0 amide bonds. The second-order valence-corrected chi connectivity index (χ2v) is 6.94. The molecule has 0 N–H and O–H groups in total. The van der Waals surface area contributed by atoms with Crippen LogP contribution in [0.4, 0.5) is 0 Å². The van der Waals surface area contributed by atoms with Gasteiger partial charge in [0.05, 0.1) is 5.41 Å². The van der Waals surface area contributed by atoms with Crippen LogP contribution in [0.1, 0.15) is 37.0 Å². The third-order valence-corrected chi connectivity index (χ3v) is 6.36. The molecule has 1 heteroatoms. The molecule has 0 radical (unpaired) electrons. The highest BCUT2D eigenvalue weighted by atomic mass is 16.1. The standard InChI is InChI=1S/C19H18O.C2H6/c20-18(12-4-2-1-3-5-12)19-15-8-6-13(10-15)17(19)14-7-9-16(19)11-14;1-2/h1-9,13-17H,10-11H2;1-2H3. The molecule has 0 spiro atoms. The molecule has 4 aliphatic carbocycles. The van der Waals surface area contributed by atoms with Crippen LogP contribution in [0.15, 0.2) is 54.6 Å². The van der Waals surface area contributed by atoms with Crippen molar-refractivity contribution >= 4 is 5.78 Å². The predicted octanol–water partition coefficient (Wildman–Crippen LogP) is 4.91. The summed E-state index contributed by atoms with van der Waals surface area (Å²) in [6.45, 7) is 4.00. The van der Waals surface area contributed by atoms with Crippen LogP contribution in [0.3, 0.4) is 0 Å². The lowest BCUT2D eigenvalue weighted by Gasteiger charge is -2.42. The number of ketones is 1. The van der Waals surface area contributed by atoms with E-state index < -0.39 is 0 Å². The first-order valence-electron chi connectivity index (χ1n) is 8.78. The van der Waals surface area contributed by atoms with Gasteiger partial charge in [-0.05, 0) is 42.4 Å². The van der Waals surface area contributed by atoms with Gasteiger partial charge in [-0.2, -0.15) is 0 Å². The Kier molecular flexibility index (Phi) is 3.14. The SMILES string of the molecule is CC.O=C(c1ccccc1)C12C3C=CC(C3)C1C1C=CC2C1. The molecule has 2 saturated carbocycles. The summed E-state index contributed by atoms with van der Waals surface area (Å²) in [7, 11) is 0. The number of fused-ring (bicyclic) bond motifs is 9. The number of carbonyl (C=O) groups excluding carboxylic acids is 1. The van der Waals surface area contributed by atoms with Gasteiger partial charge in [0.15, 0.2) is 5.78 Å². The maximum atomic E-state index is 13.4. The van der Waals surface area contributed by atoms with Gasteiger partial charge in [0.1, 0.15) is 0 Å². The Bertz CT molecular complexity index is 611.